The van der Waals surface area contributed by atoms with Gasteiger partial charge in [0.2, 0.25) is 0 Å². The quantitative estimate of drug-likeness (QED) is 0.635. The van der Waals surface area contributed by atoms with Crippen molar-refractivity contribution in [3.05, 3.63) is 29.8 Å². The van der Waals surface area contributed by atoms with Crippen molar-refractivity contribution in [3.8, 4) is 11.8 Å². The Morgan fingerprint density at radius 2 is 2.00 bits per heavy atom. The Labute approximate surface area is 113 Å². The molecule has 4 heteroatoms. The second-order valence-corrected chi connectivity index (χ2v) is 4.34. The first kappa shape index (κ1) is 13.4. The Kier molecular flexibility index (Phi) is 4.82. The molecule has 0 saturated carbocycles. The van der Waals surface area contributed by atoms with Crippen molar-refractivity contribution in [2.24, 2.45) is 0 Å². The van der Waals surface area contributed by atoms with E-state index in [0.717, 1.165) is 31.7 Å². The molecule has 0 amide bonds. The lowest BCUT2D eigenvalue weighted by molar-refractivity contribution is -0.139. The lowest BCUT2D eigenvalue weighted by Crippen LogP contribution is -2.43. The summed E-state index contributed by atoms with van der Waals surface area (Å²) in [5, 5.41) is 3.33. The summed E-state index contributed by atoms with van der Waals surface area (Å²) >= 11 is 0. The number of ether oxygens (including phenoxy) is 1. The highest BCUT2D eigenvalue weighted by molar-refractivity contribution is 5.72. The van der Waals surface area contributed by atoms with Gasteiger partial charge in [-0.05, 0) is 24.3 Å². The number of methoxy groups -OCH3 is 1. The van der Waals surface area contributed by atoms with Gasteiger partial charge in [0.05, 0.1) is 7.11 Å². The van der Waals surface area contributed by atoms with E-state index in [-0.39, 0.29) is 12.4 Å². The van der Waals surface area contributed by atoms with Crippen LogP contribution in [0.1, 0.15) is 12.0 Å². The number of hydrogen-bond donors (Lipinski definition) is 1. The van der Waals surface area contributed by atoms with Crippen molar-refractivity contribution in [1.29, 1.82) is 0 Å². The molecule has 1 saturated heterocycles. The number of anilines is 1. The molecular formula is C15H18N2O2. The molecule has 1 N–H and O–H groups in total. The molecule has 1 heterocycles. The number of hydrogen-bond acceptors (Lipinski definition) is 4. The molecule has 0 aromatic heterocycles. The molecule has 0 atom stereocenters. The van der Waals surface area contributed by atoms with Gasteiger partial charge in [0, 0.05) is 37.4 Å². The molecule has 1 aromatic rings. The minimum Gasteiger partial charge on any atom is -0.468 e. The van der Waals surface area contributed by atoms with Crippen molar-refractivity contribution < 1.29 is 9.53 Å². The first-order chi connectivity index (χ1) is 9.29. The van der Waals surface area contributed by atoms with Crippen LogP contribution in [0.5, 0.6) is 0 Å². The minimum atomic E-state index is -0.301. The zero-order valence-electron chi connectivity index (χ0n) is 11.1. The molecule has 1 aliphatic heterocycles. The third-order valence-corrected chi connectivity index (χ3v) is 3.04. The van der Waals surface area contributed by atoms with E-state index in [1.807, 2.05) is 12.1 Å². The summed E-state index contributed by atoms with van der Waals surface area (Å²) in [4.78, 5) is 13.3. The predicted octanol–water partition coefficient (Wildman–Crippen LogP) is 1.01. The van der Waals surface area contributed by atoms with Crippen LogP contribution in [-0.2, 0) is 9.53 Å². The summed E-state index contributed by atoms with van der Waals surface area (Å²) in [5.41, 5.74) is 2.14. The first-order valence-corrected chi connectivity index (χ1v) is 6.41. The van der Waals surface area contributed by atoms with E-state index in [2.05, 4.69) is 38.9 Å². The Balaban J connectivity index is 1.95. The Hall–Kier alpha value is -1.99. The first-order valence-electron chi connectivity index (χ1n) is 6.41. The summed E-state index contributed by atoms with van der Waals surface area (Å²) in [7, 11) is 1.37. The van der Waals surface area contributed by atoms with E-state index in [9.17, 15) is 4.79 Å². The van der Waals surface area contributed by atoms with Crippen LogP contribution in [-0.4, -0.2) is 39.3 Å². The maximum Gasteiger partial charge on any atom is 0.317 e. The fourth-order valence-corrected chi connectivity index (χ4v) is 1.97. The van der Waals surface area contributed by atoms with Gasteiger partial charge in [0.1, 0.15) is 6.42 Å². The van der Waals surface area contributed by atoms with Crippen LogP contribution in [0.25, 0.3) is 0 Å². The van der Waals surface area contributed by atoms with E-state index in [1.54, 1.807) is 0 Å². The maximum absolute atomic E-state index is 10.9. The largest absolute Gasteiger partial charge is 0.468 e. The Bertz CT molecular complexity index is 479. The summed E-state index contributed by atoms with van der Waals surface area (Å²) in [5.74, 6) is 5.46. The average molecular weight is 258 g/mol. The minimum absolute atomic E-state index is 0.135. The normalized spacial score (nSPS) is 14.5. The second-order valence-electron chi connectivity index (χ2n) is 4.34. The van der Waals surface area contributed by atoms with Gasteiger partial charge in [-0.3, -0.25) is 4.79 Å². The van der Waals surface area contributed by atoms with Crippen LogP contribution in [0.15, 0.2) is 24.3 Å². The zero-order chi connectivity index (χ0) is 13.5. The SMILES string of the molecule is COC(=O)CC#Cc1ccc(N2CCNCC2)cc1. The van der Waals surface area contributed by atoms with Gasteiger partial charge >= 0.3 is 5.97 Å². The van der Waals surface area contributed by atoms with Gasteiger partial charge in [-0.15, -0.1) is 0 Å². The Morgan fingerprint density at radius 3 is 2.63 bits per heavy atom. The molecule has 1 aromatic carbocycles. The molecule has 0 aliphatic carbocycles. The molecule has 2 rings (SSSR count). The fourth-order valence-electron chi connectivity index (χ4n) is 1.97. The van der Waals surface area contributed by atoms with E-state index in [1.165, 1.54) is 12.8 Å². The number of rotatable bonds is 2. The summed E-state index contributed by atoms with van der Waals surface area (Å²) < 4.78 is 4.53. The topological polar surface area (TPSA) is 41.6 Å². The summed E-state index contributed by atoms with van der Waals surface area (Å²) in [6.07, 6.45) is 0.135. The van der Waals surface area contributed by atoms with Crippen molar-refractivity contribution in [2.45, 2.75) is 6.42 Å². The lowest BCUT2D eigenvalue weighted by atomic mass is 10.2. The standard InChI is InChI=1S/C15H18N2O2/c1-19-15(18)4-2-3-13-5-7-14(8-6-13)17-11-9-16-10-12-17/h5-8,16H,4,9-12H2,1H3. The molecule has 19 heavy (non-hydrogen) atoms. The van der Waals surface area contributed by atoms with Gasteiger partial charge in [0.25, 0.3) is 0 Å². The molecule has 1 aliphatic rings. The summed E-state index contributed by atoms with van der Waals surface area (Å²) in [6, 6.07) is 8.13. The monoisotopic (exact) mass is 258 g/mol. The number of carbonyl (C=O) groups excluding carboxylic acids is 1. The number of esters is 1. The van der Waals surface area contributed by atoms with E-state index in [4.69, 9.17) is 0 Å². The number of carbonyl (C=O) groups is 1. The predicted molar refractivity (Wildman–Crippen MR) is 75.0 cm³/mol. The smallest absolute Gasteiger partial charge is 0.317 e. The molecule has 0 spiro atoms. The van der Waals surface area contributed by atoms with Crippen LogP contribution in [0.3, 0.4) is 0 Å². The van der Waals surface area contributed by atoms with Crippen molar-refractivity contribution in [3.63, 3.8) is 0 Å². The lowest BCUT2D eigenvalue weighted by Gasteiger charge is -2.29. The van der Waals surface area contributed by atoms with Crippen LogP contribution >= 0.6 is 0 Å². The number of benzene rings is 1. The van der Waals surface area contributed by atoms with Gasteiger partial charge in [-0.1, -0.05) is 11.8 Å². The van der Waals surface area contributed by atoms with Crippen LogP contribution in [0.2, 0.25) is 0 Å². The molecule has 0 bridgehead atoms. The van der Waals surface area contributed by atoms with Gasteiger partial charge in [0.15, 0.2) is 0 Å². The fraction of sp³-hybridized carbons (Fsp3) is 0.400. The third-order valence-electron chi connectivity index (χ3n) is 3.04. The van der Waals surface area contributed by atoms with Crippen LogP contribution in [0, 0.1) is 11.8 Å². The molecule has 0 unspecified atom stereocenters. The third kappa shape index (κ3) is 4.01. The van der Waals surface area contributed by atoms with E-state index >= 15 is 0 Å². The van der Waals surface area contributed by atoms with Crippen molar-refractivity contribution in [2.75, 3.05) is 38.2 Å². The van der Waals surface area contributed by atoms with Crippen LogP contribution < -0.4 is 10.2 Å². The molecule has 1 fully saturated rings. The second kappa shape index (κ2) is 6.81. The zero-order valence-corrected chi connectivity index (χ0v) is 11.1. The van der Waals surface area contributed by atoms with E-state index < -0.39 is 0 Å². The number of nitrogens with one attached hydrogen (secondary N) is 1. The van der Waals surface area contributed by atoms with Crippen LogP contribution in [0.4, 0.5) is 5.69 Å². The highest BCUT2D eigenvalue weighted by Crippen LogP contribution is 2.15. The van der Waals surface area contributed by atoms with Crippen molar-refractivity contribution >= 4 is 11.7 Å². The molecule has 0 radical (unpaired) electrons. The van der Waals surface area contributed by atoms with Crippen molar-refractivity contribution in [1.82, 2.24) is 5.32 Å². The van der Waals surface area contributed by atoms with Gasteiger partial charge < -0.3 is 15.0 Å². The van der Waals surface area contributed by atoms with Gasteiger partial charge in [-0.25, -0.2) is 0 Å². The maximum atomic E-state index is 10.9. The average Bonchev–Trinajstić information content (AvgIpc) is 2.48. The highest BCUT2D eigenvalue weighted by Gasteiger charge is 2.09. The molecule has 100 valence electrons. The molecule has 4 nitrogen and oxygen atoms in total. The number of nitrogens with zero attached hydrogens (tertiary/aromatic N) is 1. The van der Waals surface area contributed by atoms with Gasteiger partial charge in [-0.2, -0.15) is 0 Å². The Morgan fingerprint density at radius 1 is 1.32 bits per heavy atom. The summed E-state index contributed by atoms with van der Waals surface area (Å²) in [6.45, 7) is 4.13. The molecular weight excluding hydrogens is 240 g/mol. The van der Waals surface area contributed by atoms with E-state index in [0.29, 0.717) is 0 Å². The number of piperazine rings is 1. The highest BCUT2D eigenvalue weighted by atomic mass is 16.5.